The van der Waals surface area contributed by atoms with Gasteiger partial charge in [0.25, 0.3) is 0 Å². The molecule has 3 unspecified atom stereocenters. The number of aliphatic hydroxyl groups excluding tert-OH is 1. The van der Waals surface area contributed by atoms with Gasteiger partial charge in [-0.15, -0.1) is 0 Å². The van der Waals surface area contributed by atoms with Crippen molar-refractivity contribution in [3.8, 4) is 0 Å². The lowest BCUT2D eigenvalue weighted by molar-refractivity contribution is -0.870. The number of hydrogen-bond acceptors (Lipinski definition) is 5. The van der Waals surface area contributed by atoms with Crippen LogP contribution < -0.4 is 5.32 Å². The molecule has 0 aliphatic carbocycles. The van der Waals surface area contributed by atoms with Crippen LogP contribution in [0.2, 0.25) is 0 Å². The van der Waals surface area contributed by atoms with E-state index in [0.717, 1.165) is 51.4 Å². The number of phosphoric ester groups is 1. The maximum absolute atomic E-state index is 12.8. The molecule has 3 atom stereocenters. The van der Waals surface area contributed by atoms with Crippen LogP contribution in [0.3, 0.4) is 0 Å². The van der Waals surface area contributed by atoms with Gasteiger partial charge < -0.3 is 19.8 Å². The summed E-state index contributed by atoms with van der Waals surface area (Å²) in [5.41, 5.74) is 0. The highest BCUT2D eigenvalue weighted by molar-refractivity contribution is 7.47. The lowest BCUT2D eigenvalue weighted by atomic mass is 10.1. The molecule has 8 nitrogen and oxygen atoms in total. The summed E-state index contributed by atoms with van der Waals surface area (Å²) in [6.07, 6.45) is 43.5. The van der Waals surface area contributed by atoms with Gasteiger partial charge in [-0.3, -0.25) is 13.8 Å². The molecule has 0 bridgehead atoms. The van der Waals surface area contributed by atoms with Gasteiger partial charge in [0.1, 0.15) is 13.2 Å². The number of allylic oxidation sites excluding steroid dienone is 5. The maximum atomic E-state index is 12.8. The molecule has 0 aliphatic heterocycles. The van der Waals surface area contributed by atoms with Crippen LogP contribution in [0.15, 0.2) is 36.5 Å². The van der Waals surface area contributed by atoms with Crippen molar-refractivity contribution < 1.29 is 32.9 Å². The highest BCUT2D eigenvalue weighted by Crippen LogP contribution is 2.43. The summed E-state index contributed by atoms with van der Waals surface area (Å²) in [5, 5.41) is 13.8. The monoisotopic (exact) mass is 770 g/mol. The van der Waals surface area contributed by atoms with Crippen LogP contribution in [0, 0.1) is 0 Å². The number of unbranched alkanes of at least 4 members (excludes halogenated alkanes) is 22. The van der Waals surface area contributed by atoms with E-state index in [4.69, 9.17) is 9.05 Å². The Labute approximate surface area is 327 Å². The fraction of sp³-hybridized carbons (Fsp3) is 0.841. The zero-order valence-electron chi connectivity index (χ0n) is 35.3. The van der Waals surface area contributed by atoms with Gasteiger partial charge in [-0.05, 0) is 57.8 Å². The van der Waals surface area contributed by atoms with E-state index in [9.17, 15) is 19.4 Å². The number of nitrogens with zero attached hydrogens (tertiary/aromatic N) is 1. The molecule has 0 aromatic heterocycles. The lowest BCUT2D eigenvalue weighted by Crippen LogP contribution is -2.45. The molecule has 0 spiro atoms. The number of quaternary nitrogens is 1. The summed E-state index contributed by atoms with van der Waals surface area (Å²) in [7, 11) is 1.55. The third kappa shape index (κ3) is 38.8. The first-order chi connectivity index (χ1) is 25.5. The molecule has 312 valence electrons. The van der Waals surface area contributed by atoms with Crippen LogP contribution in [0.4, 0.5) is 0 Å². The predicted octanol–water partition coefficient (Wildman–Crippen LogP) is 11.9. The molecule has 0 rings (SSSR count). The highest BCUT2D eigenvalue weighted by atomic mass is 31.2. The van der Waals surface area contributed by atoms with Crippen molar-refractivity contribution in [1.29, 1.82) is 0 Å². The van der Waals surface area contributed by atoms with Crippen molar-refractivity contribution in [3.05, 3.63) is 36.5 Å². The average Bonchev–Trinajstić information content (AvgIpc) is 3.10. The summed E-state index contributed by atoms with van der Waals surface area (Å²) < 4.78 is 23.5. The van der Waals surface area contributed by atoms with Gasteiger partial charge >= 0.3 is 7.82 Å². The first-order valence-electron chi connectivity index (χ1n) is 21.9. The van der Waals surface area contributed by atoms with Crippen LogP contribution in [0.25, 0.3) is 0 Å². The molecule has 1 amide bonds. The van der Waals surface area contributed by atoms with Crippen molar-refractivity contribution >= 4 is 13.7 Å². The van der Waals surface area contributed by atoms with Gasteiger partial charge in [0.05, 0.1) is 39.9 Å². The number of carbonyl (C=O) groups is 1. The third-order valence-electron chi connectivity index (χ3n) is 9.58. The number of nitrogens with one attached hydrogen (secondary N) is 1. The summed E-state index contributed by atoms with van der Waals surface area (Å²) in [4.78, 5) is 23.1. The van der Waals surface area contributed by atoms with Crippen molar-refractivity contribution in [2.45, 2.75) is 199 Å². The molecule has 0 aromatic carbocycles. The fourth-order valence-corrected chi connectivity index (χ4v) is 6.79. The van der Waals surface area contributed by atoms with E-state index in [2.05, 4.69) is 43.5 Å². The van der Waals surface area contributed by atoms with Crippen molar-refractivity contribution in [2.24, 2.45) is 0 Å². The number of rotatable bonds is 39. The minimum absolute atomic E-state index is 0.0545. The van der Waals surface area contributed by atoms with Gasteiger partial charge in [-0.1, -0.05) is 159 Å². The van der Waals surface area contributed by atoms with Crippen LogP contribution in [0.1, 0.15) is 187 Å². The van der Waals surface area contributed by atoms with Gasteiger partial charge in [-0.25, -0.2) is 4.57 Å². The smallest absolute Gasteiger partial charge is 0.387 e. The number of likely N-dealkylation sites (N-methyl/N-ethyl adjacent to an activating group) is 1. The molecule has 0 fully saturated rings. The number of amides is 1. The summed E-state index contributed by atoms with van der Waals surface area (Å²) in [6, 6.07) is -0.865. The predicted molar refractivity (Wildman–Crippen MR) is 226 cm³/mol. The average molecular weight is 770 g/mol. The Hall–Kier alpha value is -1.28. The van der Waals surface area contributed by atoms with Crippen LogP contribution >= 0.6 is 7.82 Å². The third-order valence-corrected chi connectivity index (χ3v) is 10.6. The van der Waals surface area contributed by atoms with Crippen LogP contribution in [0.5, 0.6) is 0 Å². The van der Waals surface area contributed by atoms with E-state index in [0.29, 0.717) is 17.4 Å². The highest BCUT2D eigenvalue weighted by Gasteiger charge is 2.27. The Morgan fingerprint density at radius 1 is 0.623 bits per heavy atom. The molecule has 9 heteroatoms. The second-order valence-corrected chi connectivity index (χ2v) is 17.5. The zero-order chi connectivity index (χ0) is 39.3. The molecular formula is C44H86N2O6P+. The standard InChI is InChI=1S/C44H85N2O6P/c1-6-8-10-12-14-16-18-20-22-23-24-25-27-29-31-33-35-37-43(47)42(41-52-53(49,50)51-40-39-46(3,4)5)45-44(48)38-36-34-32-30-28-26-21-19-17-15-13-11-9-7-2/h19,21,27,29,35,37,42-43,47H,6-18,20,22-26,28,30-34,36,38-41H2,1-5H3,(H-,45,48,49,50)/p+1/b21-19-,29-27+,37-35+. The van der Waals surface area contributed by atoms with E-state index in [1.807, 2.05) is 27.2 Å². The van der Waals surface area contributed by atoms with Gasteiger partial charge in [0, 0.05) is 6.42 Å². The molecular weight excluding hydrogens is 683 g/mol. The van der Waals surface area contributed by atoms with Crippen LogP contribution in [-0.4, -0.2) is 73.4 Å². The second-order valence-electron chi connectivity index (χ2n) is 16.1. The van der Waals surface area contributed by atoms with E-state index < -0.39 is 20.0 Å². The van der Waals surface area contributed by atoms with Gasteiger partial charge in [0.2, 0.25) is 5.91 Å². The Morgan fingerprint density at radius 3 is 1.51 bits per heavy atom. The molecule has 0 saturated carbocycles. The number of phosphoric acid groups is 1. The minimum Gasteiger partial charge on any atom is -0.387 e. The second kappa shape index (κ2) is 36.4. The van der Waals surface area contributed by atoms with E-state index in [-0.39, 0.29) is 19.1 Å². The summed E-state index contributed by atoms with van der Waals surface area (Å²) >= 11 is 0. The first kappa shape index (κ1) is 51.7. The number of carbonyl (C=O) groups excluding carboxylic acids is 1. The van der Waals surface area contributed by atoms with Crippen molar-refractivity contribution in [2.75, 3.05) is 40.9 Å². The van der Waals surface area contributed by atoms with Gasteiger partial charge in [0.15, 0.2) is 0 Å². The Bertz CT molecular complexity index is 964. The quantitative estimate of drug-likeness (QED) is 0.0249. The lowest BCUT2D eigenvalue weighted by Gasteiger charge is -2.25. The molecule has 3 N–H and O–H groups in total. The number of aliphatic hydroxyl groups is 1. The molecule has 0 saturated heterocycles. The van der Waals surface area contributed by atoms with Gasteiger partial charge in [-0.2, -0.15) is 0 Å². The normalized spacial score (nSPS) is 14.8. The maximum Gasteiger partial charge on any atom is 0.472 e. The van der Waals surface area contributed by atoms with Crippen LogP contribution in [-0.2, 0) is 18.4 Å². The summed E-state index contributed by atoms with van der Waals surface area (Å²) in [6.45, 7) is 4.77. The topological polar surface area (TPSA) is 105 Å². The Kier molecular flexibility index (Phi) is 35.5. The molecule has 0 aliphatic rings. The number of hydrogen-bond donors (Lipinski definition) is 3. The van der Waals surface area contributed by atoms with Crippen molar-refractivity contribution in [3.63, 3.8) is 0 Å². The Balaban J connectivity index is 4.51. The molecule has 53 heavy (non-hydrogen) atoms. The minimum atomic E-state index is -4.34. The molecule has 0 radical (unpaired) electrons. The Morgan fingerprint density at radius 2 is 1.04 bits per heavy atom. The molecule has 0 aromatic rings. The largest absolute Gasteiger partial charge is 0.472 e. The first-order valence-corrected chi connectivity index (χ1v) is 23.4. The summed E-state index contributed by atoms with van der Waals surface area (Å²) in [5.74, 6) is -0.197. The fourth-order valence-electron chi connectivity index (χ4n) is 6.05. The van der Waals surface area contributed by atoms with E-state index in [1.54, 1.807) is 6.08 Å². The zero-order valence-corrected chi connectivity index (χ0v) is 36.1. The SMILES string of the molecule is CCCCCCC/C=C\CCCCCCCC(=O)NC(COP(=O)(O)OCC[N+](C)(C)C)C(O)/C=C/CC/C=C/CCCCCCCCCCCCC. The van der Waals surface area contributed by atoms with Crippen molar-refractivity contribution in [1.82, 2.24) is 5.32 Å². The van der Waals surface area contributed by atoms with E-state index in [1.165, 1.54) is 116 Å². The van der Waals surface area contributed by atoms with E-state index >= 15 is 0 Å². The molecule has 0 heterocycles.